The highest BCUT2D eigenvalue weighted by molar-refractivity contribution is 5.86. The molecule has 0 aliphatic carbocycles. The largest absolute Gasteiger partial charge is 0.377 e. The normalized spacial score (nSPS) is 9.81. The third kappa shape index (κ3) is 3.87. The SMILES string of the molecule is C=CC(=O)NCc1ccccc1COCC. The monoisotopic (exact) mass is 219 g/mol. The fourth-order valence-electron chi connectivity index (χ4n) is 1.34. The first kappa shape index (κ1) is 12.5. The summed E-state index contributed by atoms with van der Waals surface area (Å²) in [6.45, 7) is 7.14. The van der Waals surface area contributed by atoms with Crippen molar-refractivity contribution in [2.24, 2.45) is 0 Å². The number of nitrogens with one attached hydrogen (secondary N) is 1. The molecule has 1 aromatic carbocycles. The van der Waals surface area contributed by atoms with Gasteiger partial charge in [0.1, 0.15) is 0 Å². The zero-order chi connectivity index (χ0) is 11.8. The Balaban J connectivity index is 2.63. The molecule has 1 N–H and O–H groups in total. The molecule has 0 atom stereocenters. The molecule has 0 aliphatic rings. The molecule has 3 nitrogen and oxygen atoms in total. The summed E-state index contributed by atoms with van der Waals surface area (Å²) < 4.78 is 5.36. The topological polar surface area (TPSA) is 38.3 Å². The smallest absolute Gasteiger partial charge is 0.243 e. The van der Waals surface area contributed by atoms with Crippen molar-refractivity contribution in [3.8, 4) is 0 Å². The molecular formula is C13H17NO2. The zero-order valence-electron chi connectivity index (χ0n) is 9.53. The van der Waals surface area contributed by atoms with E-state index in [9.17, 15) is 4.79 Å². The van der Waals surface area contributed by atoms with Crippen LogP contribution in [0.4, 0.5) is 0 Å². The molecule has 3 heteroatoms. The Bertz CT molecular complexity index is 361. The van der Waals surface area contributed by atoms with Gasteiger partial charge in [0, 0.05) is 13.2 Å². The van der Waals surface area contributed by atoms with Gasteiger partial charge in [-0.3, -0.25) is 4.79 Å². The Kier molecular flexibility index (Phi) is 5.29. The highest BCUT2D eigenvalue weighted by Crippen LogP contribution is 2.09. The van der Waals surface area contributed by atoms with Gasteiger partial charge in [0.05, 0.1) is 6.61 Å². The van der Waals surface area contributed by atoms with Gasteiger partial charge in [-0.05, 0) is 24.1 Å². The number of hydrogen-bond acceptors (Lipinski definition) is 2. The van der Waals surface area contributed by atoms with E-state index in [4.69, 9.17) is 4.74 Å². The van der Waals surface area contributed by atoms with Crippen molar-refractivity contribution in [3.63, 3.8) is 0 Å². The predicted octanol–water partition coefficient (Wildman–Crippen LogP) is 2.03. The van der Waals surface area contributed by atoms with Crippen molar-refractivity contribution in [2.75, 3.05) is 6.61 Å². The molecule has 1 amide bonds. The molecule has 0 bridgehead atoms. The summed E-state index contributed by atoms with van der Waals surface area (Å²) in [5.41, 5.74) is 2.18. The standard InChI is InChI=1S/C13H17NO2/c1-3-13(15)14-9-11-7-5-6-8-12(11)10-16-4-2/h3,5-8H,1,4,9-10H2,2H3,(H,14,15). The van der Waals surface area contributed by atoms with Crippen LogP contribution in [0.1, 0.15) is 18.1 Å². The number of benzene rings is 1. The van der Waals surface area contributed by atoms with Crippen LogP contribution in [0.25, 0.3) is 0 Å². The van der Waals surface area contributed by atoms with Crippen LogP contribution in [0.5, 0.6) is 0 Å². The van der Waals surface area contributed by atoms with Crippen molar-refractivity contribution in [1.29, 1.82) is 0 Å². The van der Waals surface area contributed by atoms with E-state index in [1.165, 1.54) is 6.08 Å². The number of rotatable bonds is 6. The first-order chi connectivity index (χ1) is 7.77. The fourth-order valence-corrected chi connectivity index (χ4v) is 1.34. The first-order valence-corrected chi connectivity index (χ1v) is 5.32. The summed E-state index contributed by atoms with van der Waals surface area (Å²) in [6, 6.07) is 7.90. The minimum Gasteiger partial charge on any atom is -0.377 e. The fraction of sp³-hybridized carbons (Fsp3) is 0.308. The lowest BCUT2D eigenvalue weighted by molar-refractivity contribution is -0.116. The maximum absolute atomic E-state index is 11.1. The van der Waals surface area contributed by atoms with Gasteiger partial charge in [-0.15, -0.1) is 0 Å². The Labute approximate surface area is 96.1 Å². The van der Waals surface area contributed by atoms with Gasteiger partial charge in [0.2, 0.25) is 5.91 Å². The van der Waals surface area contributed by atoms with E-state index >= 15 is 0 Å². The van der Waals surface area contributed by atoms with Crippen molar-refractivity contribution < 1.29 is 9.53 Å². The maximum Gasteiger partial charge on any atom is 0.243 e. The van der Waals surface area contributed by atoms with Gasteiger partial charge >= 0.3 is 0 Å². The first-order valence-electron chi connectivity index (χ1n) is 5.32. The average molecular weight is 219 g/mol. The van der Waals surface area contributed by atoms with Gasteiger partial charge in [0.25, 0.3) is 0 Å². The van der Waals surface area contributed by atoms with E-state index in [0.717, 1.165) is 11.1 Å². The van der Waals surface area contributed by atoms with Gasteiger partial charge in [-0.25, -0.2) is 0 Å². The lowest BCUT2D eigenvalue weighted by atomic mass is 10.1. The molecule has 86 valence electrons. The molecule has 0 radical (unpaired) electrons. The predicted molar refractivity (Wildman–Crippen MR) is 63.8 cm³/mol. The average Bonchev–Trinajstić information content (AvgIpc) is 2.34. The second kappa shape index (κ2) is 6.80. The summed E-state index contributed by atoms with van der Waals surface area (Å²) in [6.07, 6.45) is 1.27. The lowest BCUT2D eigenvalue weighted by Crippen LogP contribution is -2.20. The zero-order valence-corrected chi connectivity index (χ0v) is 9.53. The van der Waals surface area contributed by atoms with E-state index < -0.39 is 0 Å². The molecule has 16 heavy (non-hydrogen) atoms. The van der Waals surface area contributed by atoms with Crippen molar-refractivity contribution >= 4 is 5.91 Å². The number of carbonyl (C=O) groups excluding carboxylic acids is 1. The molecule has 1 rings (SSSR count). The Hall–Kier alpha value is -1.61. The van der Waals surface area contributed by atoms with Gasteiger partial charge in [-0.1, -0.05) is 30.8 Å². The van der Waals surface area contributed by atoms with Crippen LogP contribution in [0.15, 0.2) is 36.9 Å². The molecule has 1 aromatic rings. The lowest BCUT2D eigenvalue weighted by Gasteiger charge is -2.09. The summed E-state index contributed by atoms with van der Waals surface area (Å²) in [4.78, 5) is 11.1. The molecule has 0 aromatic heterocycles. The van der Waals surface area contributed by atoms with E-state index in [-0.39, 0.29) is 5.91 Å². The maximum atomic E-state index is 11.1. The number of ether oxygens (including phenoxy) is 1. The molecule has 0 fully saturated rings. The summed E-state index contributed by atoms with van der Waals surface area (Å²) >= 11 is 0. The van der Waals surface area contributed by atoms with E-state index in [1.807, 2.05) is 31.2 Å². The minimum absolute atomic E-state index is 0.161. The van der Waals surface area contributed by atoms with Crippen molar-refractivity contribution in [1.82, 2.24) is 5.32 Å². The van der Waals surface area contributed by atoms with Crippen LogP contribution in [0.2, 0.25) is 0 Å². The van der Waals surface area contributed by atoms with Crippen LogP contribution < -0.4 is 5.32 Å². The summed E-state index contributed by atoms with van der Waals surface area (Å²) in [5, 5.41) is 2.75. The molecule has 0 saturated carbocycles. The van der Waals surface area contributed by atoms with Crippen LogP contribution in [-0.2, 0) is 22.7 Å². The Morgan fingerprint density at radius 2 is 2.12 bits per heavy atom. The van der Waals surface area contributed by atoms with Crippen LogP contribution >= 0.6 is 0 Å². The number of carbonyl (C=O) groups is 1. The second-order valence-electron chi connectivity index (χ2n) is 3.33. The minimum atomic E-state index is -0.161. The van der Waals surface area contributed by atoms with Crippen molar-refractivity contribution in [2.45, 2.75) is 20.1 Å². The third-order valence-corrected chi connectivity index (χ3v) is 2.22. The Morgan fingerprint density at radius 1 is 1.44 bits per heavy atom. The molecule has 0 unspecified atom stereocenters. The molecular weight excluding hydrogens is 202 g/mol. The number of amides is 1. The van der Waals surface area contributed by atoms with E-state index in [1.54, 1.807) is 0 Å². The quantitative estimate of drug-likeness (QED) is 0.743. The molecule has 0 saturated heterocycles. The van der Waals surface area contributed by atoms with Crippen molar-refractivity contribution in [3.05, 3.63) is 48.0 Å². The van der Waals surface area contributed by atoms with Gasteiger partial charge < -0.3 is 10.1 Å². The highest BCUT2D eigenvalue weighted by atomic mass is 16.5. The third-order valence-electron chi connectivity index (χ3n) is 2.22. The molecule has 0 aliphatic heterocycles. The van der Waals surface area contributed by atoms with E-state index in [2.05, 4.69) is 11.9 Å². The second-order valence-corrected chi connectivity index (χ2v) is 3.33. The summed E-state index contributed by atoms with van der Waals surface area (Å²) in [7, 11) is 0. The van der Waals surface area contributed by atoms with E-state index in [0.29, 0.717) is 19.8 Å². The highest BCUT2D eigenvalue weighted by Gasteiger charge is 2.02. The molecule has 0 heterocycles. The van der Waals surface area contributed by atoms with Gasteiger partial charge in [-0.2, -0.15) is 0 Å². The number of hydrogen-bond donors (Lipinski definition) is 1. The summed E-state index contributed by atoms with van der Waals surface area (Å²) in [5.74, 6) is -0.161. The Morgan fingerprint density at radius 3 is 2.75 bits per heavy atom. The molecule has 0 spiro atoms. The van der Waals surface area contributed by atoms with Crippen LogP contribution in [0, 0.1) is 0 Å². The van der Waals surface area contributed by atoms with Crippen LogP contribution in [0.3, 0.4) is 0 Å². The van der Waals surface area contributed by atoms with Gasteiger partial charge in [0.15, 0.2) is 0 Å². The van der Waals surface area contributed by atoms with Crippen LogP contribution in [-0.4, -0.2) is 12.5 Å².